The molecule has 15 heavy (non-hydrogen) atoms. The van der Waals surface area contributed by atoms with Crippen LogP contribution in [0.1, 0.15) is 27.7 Å². The number of rotatable bonds is 5. The molecule has 0 aromatic rings. The second kappa shape index (κ2) is 5.47. The van der Waals surface area contributed by atoms with Crippen LogP contribution in [0.15, 0.2) is 0 Å². The molecule has 0 radical (unpaired) electrons. The van der Waals surface area contributed by atoms with E-state index in [0.29, 0.717) is 0 Å². The average Bonchev–Trinajstić information content (AvgIpc) is 2.01. The molecule has 0 atom stereocenters. The van der Waals surface area contributed by atoms with Crippen molar-refractivity contribution in [2.75, 3.05) is 27.4 Å². The van der Waals surface area contributed by atoms with Gasteiger partial charge in [-0.05, 0) is 27.7 Å². The molecular weight excluding hydrogens is 196 g/mol. The summed E-state index contributed by atoms with van der Waals surface area (Å²) in [5.74, 6) is -0.293. The Morgan fingerprint density at radius 1 is 1.00 bits per heavy atom. The van der Waals surface area contributed by atoms with Gasteiger partial charge in [-0.15, -0.1) is 0 Å². The van der Waals surface area contributed by atoms with Gasteiger partial charge in [0.25, 0.3) is 0 Å². The number of esters is 1. The smallest absolute Gasteiger partial charge is 0.317 e. The average molecular weight is 218 g/mol. The van der Waals surface area contributed by atoms with Crippen LogP contribution in [0.25, 0.3) is 0 Å². The van der Waals surface area contributed by atoms with Crippen LogP contribution in [0.4, 0.5) is 0 Å². The molecule has 0 rings (SSSR count). The lowest BCUT2D eigenvalue weighted by Crippen LogP contribution is -2.41. The van der Waals surface area contributed by atoms with Crippen LogP contribution in [0.3, 0.4) is 0 Å². The molecule has 0 amide bonds. The standard InChI is InChI=1S/C11H22O4/c1-10(2,3)15-9(12)11(4,7-13-5)8-14-6/h7-8H2,1-6H3. The highest BCUT2D eigenvalue weighted by Crippen LogP contribution is 2.22. The Morgan fingerprint density at radius 2 is 1.40 bits per heavy atom. The largest absolute Gasteiger partial charge is 0.459 e. The van der Waals surface area contributed by atoms with Crippen molar-refractivity contribution in [3.8, 4) is 0 Å². The number of ether oxygens (including phenoxy) is 3. The van der Waals surface area contributed by atoms with E-state index < -0.39 is 11.0 Å². The fraction of sp³-hybridized carbons (Fsp3) is 0.909. The SMILES string of the molecule is COCC(C)(COC)C(=O)OC(C)(C)C. The minimum Gasteiger partial charge on any atom is -0.459 e. The third-order valence-corrected chi connectivity index (χ3v) is 1.82. The molecule has 0 saturated heterocycles. The summed E-state index contributed by atoms with van der Waals surface area (Å²) in [4.78, 5) is 11.9. The first kappa shape index (κ1) is 14.4. The van der Waals surface area contributed by atoms with Gasteiger partial charge in [-0.25, -0.2) is 0 Å². The van der Waals surface area contributed by atoms with E-state index >= 15 is 0 Å². The molecule has 4 nitrogen and oxygen atoms in total. The molecule has 0 aromatic heterocycles. The highest BCUT2D eigenvalue weighted by molar-refractivity contribution is 5.77. The zero-order valence-corrected chi connectivity index (χ0v) is 10.5. The summed E-state index contributed by atoms with van der Waals surface area (Å²) in [6, 6.07) is 0. The molecule has 0 saturated carbocycles. The molecule has 0 aliphatic rings. The van der Waals surface area contributed by atoms with E-state index in [9.17, 15) is 4.79 Å². The lowest BCUT2D eigenvalue weighted by atomic mass is 9.93. The third kappa shape index (κ3) is 5.14. The summed E-state index contributed by atoms with van der Waals surface area (Å²) < 4.78 is 15.3. The fourth-order valence-electron chi connectivity index (χ4n) is 1.20. The van der Waals surface area contributed by atoms with Gasteiger partial charge in [-0.1, -0.05) is 0 Å². The Bertz CT molecular complexity index is 199. The van der Waals surface area contributed by atoms with Crippen molar-refractivity contribution in [3.05, 3.63) is 0 Å². The Hall–Kier alpha value is -0.610. The van der Waals surface area contributed by atoms with Crippen molar-refractivity contribution in [1.29, 1.82) is 0 Å². The summed E-state index contributed by atoms with van der Waals surface area (Å²) in [5, 5.41) is 0. The Labute approximate surface area is 91.9 Å². The Morgan fingerprint density at radius 3 is 1.67 bits per heavy atom. The summed E-state index contributed by atoms with van der Waals surface area (Å²) >= 11 is 0. The first-order valence-corrected chi connectivity index (χ1v) is 4.96. The van der Waals surface area contributed by atoms with Gasteiger partial charge in [0.05, 0.1) is 13.2 Å². The van der Waals surface area contributed by atoms with Crippen molar-refractivity contribution < 1.29 is 19.0 Å². The van der Waals surface area contributed by atoms with Crippen LogP contribution in [0.2, 0.25) is 0 Å². The van der Waals surface area contributed by atoms with E-state index in [4.69, 9.17) is 14.2 Å². The summed E-state index contributed by atoms with van der Waals surface area (Å²) in [7, 11) is 3.11. The van der Waals surface area contributed by atoms with E-state index in [2.05, 4.69) is 0 Å². The van der Waals surface area contributed by atoms with Crippen LogP contribution in [0.5, 0.6) is 0 Å². The summed E-state index contributed by atoms with van der Waals surface area (Å²) in [6.07, 6.45) is 0. The molecule has 0 spiro atoms. The molecule has 0 heterocycles. The number of methoxy groups -OCH3 is 2. The number of carbonyl (C=O) groups is 1. The van der Waals surface area contributed by atoms with E-state index in [1.165, 1.54) is 0 Å². The first-order chi connectivity index (χ1) is 6.75. The van der Waals surface area contributed by atoms with Crippen molar-refractivity contribution in [1.82, 2.24) is 0 Å². The molecule has 0 aliphatic heterocycles. The summed E-state index contributed by atoms with van der Waals surface area (Å²) in [6.45, 7) is 7.86. The summed E-state index contributed by atoms with van der Waals surface area (Å²) in [5.41, 5.74) is -1.23. The monoisotopic (exact) mass is 218 g/mol. The zero-order chi connectivity index (χ0) is 12.1. The molecule has 4 heteroatoms. The van der Waals surface area contributed by atoms with Crippen LogP contribution >= 0.6 is 0 Å². The first-order valence-electron chi connectivity index (χ1n) is 4.96. The minimum absolute atomic E-state index is 0.287. The molecule has 0 N–H and O–H groups in total. The maximum Gasteiger partial charge on any atom is 0.317 e. The van der Waals surface area contributed by atoms with Gasteiger partial charge in [0, 0.05) is 14.2 Å². The molecular formula is C11H22O4. The predicted octanol–water partition coefficient (Wildman–Crippen LogP) is 1.63. The molecule has 90 valence electrons. The number of hydrogen-bond acceptors (Lipinski definition) is 4. The maximum absolute atomic E-state index is 11.9. The zero-order valence-electron chi connectivity index (χ0n) is 10.5. The lowest BCUT2D eigenvalue weighted by Gasteiger charge is -2.30. The Balaban J connectivity index is 4.55. The normalized spacial score (nSPS) is 12.7. The van der Waals surface area contributed by atoms with Crippen LogP contribution in [-0.2, 0) is 19.0 Å². The van der Waals surface area contributed by atoms with Crippen LogP contribution in [-0.4, -0.2) is 39.0 Å². The number of hydrogen-bond donors (Lipinski definition) is 0. The van der Waals surface area contributed by atoms with Crippen LogP contribution in [0, 0.1) is 5.41 Å². The minimum atomic E-state index is -0.739. The third-order valence-electron chi connectivity index (χ3n) is 1.82. The quantitative estimate of drug-likeness (QED) is 0.658. The fourth-order valence-corrected chi connectivity index (χ4v) is 1.20. The highest BCUT2D eigenvalue weighted by Gasteiger charge is 2.37. The molecule has 0 bridgehead atoms. The van der Waals surface area contributed by atoms with Crippen molar-refractivity contribution >= 4 is 5.97 Å². The second-order valence-electron chi connectivity index (χ2n) is 4.93. The van der Waals surface area contributed by atoms with Crippen molar-refractivity contribution in [2.45, 2.75) is 33.3 Å². The molecule has 0 aliphatic carbocycles. The van der Waals surface area contributed by atoms with E-state index in [1.54, 1.807) is 21.1 Å². The highest BCUT2D eigenvalue weighted by atomic mass is 16.6. The van der Waals surface area contributed by atoms with Gasteiger partial charge >= 0.3 is 5.97 Å². The molecule has 0 fully saturated rings. The van der Waals surface area contributed by atoms with Crippen molar-refractivity contribution in [3.63, 3.8) is 0 Å². The van der Waals surface area contributed by atoms with Gasteiger partial charge < -0.3 is 14.2 Å². The maximum atomic E-state index is 11.9. The molecule has 0 unspecified atom stereocenters. The van der Waals surface area contributed by atoms with E-state index in [1.807, 2.05) is 20.8 Å². The van der Waals surface area contributed by atoms with Gasteiger partial charge in [0.2, 0.25) is 0 Å². The van der Waals surface area contributed by atoms with Crippen molar-refractivity contribution in [2.24, 2.45) is 5.41 Å². The lowest BCUT2D eigenvalue weighted by molar-refractivity contribution is -0.173. The predicted molar refractivity (Wildman–Crippen MR) is 57.7 cm³/mol. The Kier molecular flexibility index (Phi) is 5.24. The van der Waals surface area contributed by atoms with Gasteiger partial charge in [0.1, 0.15) is 11.0 Å². The van der Waals surface area contributed by atoms with Gasteiger partial charge in [0.15, 0.2) is 0 Å². The second-order valence-corrected chi connectivity index (χ2v) is 4.93. The van der Waals surface area contributed by atoms with Gasteiger partial charge in [-0.3, -0.25) is 4.79 Å². The van der Waals surface area contributed by atoms with Crippen LogP contribution < -0.4 is 0 Å². The molecule has 0 aromatic carbocycles. The number of carbonyl (C=O) groups excluding carboxylic acids is 1. The van der Waals surface area contributed by atoms with E-state index in [-0.39, 0.29) is 19.2 Å². The topological polar surface area (TPSA) is 44.8 Å². The van der Waals surface area contributed by atoms with E-state index in [0.717, 1.165) is 0 Å². The van der Waals surface area contributed by atoms with Gasteiger partial charge in [-0.2, -0.15) is 0 Å².